The van der Waals surface area contributed by atoms with Crippen LogP contribution in [0.2, 0.25) is 0 Å². The number of ether oxygens (including phenoxy) is 2. The van der Waals surface area contributed by atoms with Gasteiger partial charge in [-0.2, -0.15) is 4.98 Å². The average Bonchev–Trinajstić information content (AvgIpc) is 3.40. The minimum absolute atomic E-state index is 0.204. The van der Waals surface area contributed by atoms with E-state index in [0.29, 0.717) is 17.9 Å². The normalized spacial score (nSPS) is 12.7. The van der Waals surface area contributed by atoms with E-state index in [2.05, 4.69) is 20.4 Å². The maximum atomic E-state index is 12.5. The predicted molar refractivity (Wildman–Crippen MR) is 128 cm³/mol. The van der Waals surface area contributed by atoms with E-state index in [-0.39, 0.29) is 12.3 Å². The van der Waals surface area contributed by atoms with Crippen LogP contribution in [0.3, 0.4) is 0 Å². The van der Waals surface area contributed by atoms with Crippen LogP contribution in [0, 0.1) is 0 Å². The highest BCUT2D eigenvalue weighted by Crippen LogP contribution is 2.19. The molecule has 3 aromatic rings. The molecule has 0 unspecified atom stereocenters. The maximum absolute atomic E-state index is 12.5. The number of hydrogen-bond acceptors (Lipinski definition) is 8. The Bertz CT molecular complexity index is 1130. The van der Waals surface area contributed by atoms with E-state index in [1.54, 1.807) is 47.7 Å². The Morgan fingerprint density at radius 3 is 2.37 bits per heavy atom. The van der Waals surface area contributed by atoms with Crippen molar-refractivity contribution in [3.05, 3.63) is 65.8 Å². The Morgan fingerprint density at radius 2 is 1.71 bits per heavy atom. The summed E-state index contributed by atoms with van der Waals surface area (Å²) in [5.74, 6) is 0.755. The van der Waals surface area contributed by atoms with Gasteiger partial charge in [-0.1, -0.05) is 35.5 Å². The molecule has 3 rings (SSSR count). The lowest BCUT2D eigenvalue weighted by molar-refractivity contribution is 0.0489. The molecule has 1 N–H and O–H groups in total. The molecule has 1 atom stereocenters. The van der Waals surface area contributed by atoms with Gasteiger partial charge in [0.25, 0.3) is 0 Å². The van der Waals surface area contributed by atoms with Gasteiger partial charge in [0.15, 0.2) is 5.82 Å². The van der Waals surface area contributed by atoms with E-state index < -0.39 is 29.4 Å². The van der Waals surface area contributed by atoms with Crippen molar-refractivity contribution in [2.24, 2.45) is 0 Å². The van der Waals surface area contributed by atoms with Crippen LogP contribution in [0.5, 0.6) is 0 Å². The molecular formula is C25H33N5O5. The monoisotopic (exact) mass is 483 g/mol. The molecule has 2 heterocycles. The van der Waals surface area contributed by atoms with Gasteiger partial charge < -0.3 is 19.3 Å². The highest BCUT2D eigenvalue weighted by atomic mass is 16.6. The Morgan fingerprint density at radius 1 is 1.03 bits per heavy atom. The Hall–Kier alpha value is -3.69. The third-order valence-electron chi connectivity index (χ3n) is 4.61. The van der Waals surface area contributed by atoms with Crippen LogP contribution in [0.25, 0.3) is 0 Å². The number of imidazole rings is 1. The van der Waals surface area contributed by atoms with Gasteiger partial charge in [-0.25, -0.2) is 19.1 Å². The highest BCUT2D eigenvalue weighted by Gasteiger charge is 2.26. The number of rotatable bonds is 7. The molecule has 0 aliphatic heterocycles. The van der Waals surface area contributed by atoms with E-state index >= 15 is 0 Å². The van der Waals surface area contributed by atoms with E-state index in [4.69, 9.17) is 14.0 Å². The first-order valence-corrected chi connectivity index (χ1v) is 11.5. The van der Waals surface area contributed by atoms with Crippen LogP contribution >= 0.6 is 0 Å². The minimum atomic E-state index is -0.704. The smallest absolute Gasteiger partial charge is 0.419 e. The van der Waals surface area contributed by atoms with Gasteiger partial charge in [-0.05, 0) is 53.5 Å². The molecule has 188 valence electrons. The van der Waals surface area contributed by atoms with Crippen molar-refractivity contribution in [3.8, 4) is 0 Å². The summed E-state index contributed by atoms with van der Waals surface area (Å²) >= 11 is 0. The minimum Gasteiger partial charge on any atom is -0.444 e. The van der Waals surface area contributed by atoms with E-state index in [1.165, 1.54) is 10.9 Å². The zero-order valence-electron chi connectivity index (χ0n) is 21.1. The lowest BCUT2D eigenvalue weighted by Gasteiger charge is -2.22. The first-order chi connectivity index (χ1) is 16.4. The molecule has 35 heavy (non-hydrogen) atoms. The second-order valence-electron chi connectivity index (χ2n) is 10.2. The maximum Gasteiger partial charge on any atom is 0.419 e. The van der Waals surface area contributed by atoms with Crippen molar-refractivity contribution >= 4 is 12.2 Å². The van der Waals surface area contributed by atoms with Crippen LogP contribution in [0.1, 0.15) is 70.6 Å². The summed E-state index contributed by atoms with van der Waals surface area (Å²) in [5.41, 5.74) is 0.376. The van der Waals surface area contributed by atoms with Gasteiger partial charge in [0.2, 0.25) is 5.89 Å². The number of aromatic nitrogens is 4. The van der Waals surface area contributed by atoms with Gasteiger partial charge in [-0.3, -0.25) is 0 Å². The summed E-state index contributed by atoms with van der Waals surface area (Å²) in [6.07, 6.45) is 3.28. The summed E-state index contributed by atoms with van der Waals surface area (Å²) < 4.78 is 17.5. The highest BCUT2D eigenvalue weighted by molar-refractivity contribution is 5.70. The van der Waals surface area contributed by atoms with E-state index in [0.717, 1.165) is 12.0 Å². The predicted octanol–water partition coefficient (Wildman–Crippen LogP) is 4.64. The molecule has 0 fully saturated rings. The zero-order valence-corrected chi connectivity index (χ0v) is 21.1. The fourth-order valence-corrected chi connectivity index (χ4v) is 3.15. The largest absolute Gasteiger partial charge is 0.444 e. The van der Waals surface area contributed by atoms with Crippen molar-refractivity contribution < 1.29 is 23.6 Å². The molecule has 1 amide bonds. The van der Waals surface area contributed by atoms with Crippen molar-refractivity contribution in [2.75, 3.05) is 0 Å². The first kappa shape index (κ1) is 25.9. The SMILES string of the molecule is CC(C)(C)OC(=O)N[C@@H](Cc1cn(C(=O)OC(C)(C)C)cn1)c1nc(CCc2ccccc2)no1. The van der Waals surface area contributed by atoms with Crippen molar-refractivity contribution in [3.63, 3.8) is 0 Å². The van der Waals surface area contributed by atoms with Crippen molar-refractivity contribution in [1.29, 1.82) is 0 Å². The lowest BCUT2D eigenvalue weighted by Crippen LogP contribution is -2.36. The topological polar surface area (TPSA) is 121 Å². The fraction of sp³-hybridized carbons (Fsp3) is 0.480. The summed E-state index contributed by atoms with van der Waals surface area (Å²) in [5, 5.41) is 6.85. The van der Waals surface area contributed by atoms with E-state index in [9.17, 15) is 9.59 Å². The molecular weight excluding hydrogens is 450 g/mol. The second kappa shape index (κ2) is 10.7. The van der Waals surface area contributed by atoms with Crippen molar-refractivity contribution in [1.82, 2.24) is 25.0 Å². The number of carbonyl (C=O) groups excluding carboxylic acids is 2. The second-order valence-corrected chi connectivity index (χ2v) is 10.2. The standard InChI is InChI=1S/C25H33N5O5/c1-24(2,3)33-22(31)27-19(14-18-15-30(16-26-18)23(32)34-25(4,5)6)21-28-20(29-35-21)13-12-17-10-8-7-9-11-17/h7-11,15-16,19H,12-14H2,1-6H3,(H,27,31)/t19-/m0/s1. The molecule has 0 saturated heterocycles. The molecule has 0 bridgehead atoms. The molecule has 10 nitrogen and oxygen atoms in total. The Kier molecular flexibility index (Phi) is 7.93. The number of nitrogens with one attached hydrogen (secondary N) is 1. The number of amides is 1. The van der Waals surface area contributed by atoms with E-state index in [1.807, 2.05) is 30.3 Å². The van der Waals surface area contributed by atoms with Gasteiger partial charge in [-0.15, -0.1) is 0 Å². The first-order valence-electron chi connectivity index (χ1n) is 11.5. The van der Waals surface area contributed by atoms with Crippen LogP contribution in [0.15, 0.2) is 47.4 Å². The third kappa shape index (κ3) is 8.55. The molecule has 2 aromatic heterocycles. The van der Waals surface area contributed by atoms with Crippen LogP contribution < -0.4 is 5.32 Å². The Balaban J connectivity index is 1.74. The molecule has 0 aliphatic rings. The molecule has 10 heteroatoms. The van der Waals surface area contributed by atoms with Gasteiger partial charge >= 0.3 is 12.2 Å². The molecule has 0 radical (unpaired) electrons. The van der Waals surface area contributed by atoms with Crippen LogP contribution in [-0.2, 0) is 28.7 Å². The van der Waals surface area contributed by atoms with Crippen LogP contribution in [0.4, 0.5) is 9.59 Å². The number of alkyl carbamates (subject to hydrolysis) is 1. The quantitative estimate of drug-likeness (QED) is 0.516. The molecule has 0 aliphatic carbocycles. The average molecular weight is 484 g/mol. The molecule has 0 saturated carbocycles. The van der Waals surface area contributed by atoms with Gasteiger partial charge in [0.05, 0.1) is 5.69 Å². The lowest BCUT2D eigenvalue weighted by atomic mass is 10.1. The summed E-state index contributed by atoms with van der Waals surface area (Å²) in [6, 6.07) is 9.30. The van der Waals surface area contributed by atoms with Crippen LogP contribution in [-0.4, -0.2) is 43.1 Å². The molecule has 1 aromatic carbocycles. The number of benzene rings is 1. The summed E-state index contributed by atoms with van der Waals surface area (Å²) in [7, 11) is 0. The molecule has 0 spiro atoms. The number of carbonyl (C=O) groups is 2. The number of nitrogens with zero attached hydrogens (tertiary/aromatic N) is 4. The van der Waals surface area contributed by atoms with Gasteiger partial charge in [0.1, 0.15) is 23.6 Å². The third-order valence-corrected chi connectivity index (χ3v) is 4.61. The fourth-order valence-electron chi connectivity index (χ4n) is 3.15. The van der Waals surface area contributed by atoms with Crippen molar-refractivity contribution in [2.45, 2.75) is 78.0 Å². The Labute approximate surface area is 205 Å². The number of hydrogen-bond donors (Lipinski definition) is 1. The zero-order chi connectivity index (χ0) is 25.6. The summed E-state index contributed by atoms with van der Waals surface area (Å²) in [4.78, 5) is 33.6. The summed E-state index contributed by atoms with van der Waals surface area (Å²) in [6.45, 7) is 10.7. The number of aryl methyl sites for hydroxylation is 2. The van der Waals surface area contributed by atoms with Gasteiger partial charge in [0, 0.05) is 19.0 Å².